The van der Waals surface area contributed by atoms with Crippen molar-refractivity contribution >= 4 is 39.2 Å². The van der Waals surface area contributed by atoms with E-state index in [1.54, 1.807) is 11.3 Å². The number of benzene rings is 2. The van der Waals surface area contributed by atoms with Gasteiger partial charge >= 0.3 is 0 Å². The van der Waals surface area contributed by atoms with Gasteiger partial charge in [-0.25, -0.2) is 4.98 Å². The zero-order chi connectivity index (χ0) is 23.0. The highest BCUT2D eigenvalue weighted by Gasteiger charge is 2.30. The molecule has 0 spiro atoms. The molecule has 1 aliphatic rings. The first-order chi connectivity index (χ1) is 15.9. The maximum Gasteiger partial charge on any atom is 0.211 e. The number of thioether (sulfide) groups is 1. The van der Waals surface area contributed by atoms with Crippen LogP contribution in [-0.4, -0.2) is 26.7 Å². The van der Waals surface area contributed by atoms with E-state index >= 15 is 0 Å². The molecule has 0 amide bonds. The molecular weight excluding hydrogens is 452 g/mol. The molecule has 0 fully saturated rings. The minimum Gasteiger partial charge on any atom is -0.370 e. The molecule has 5 rings (SSSR count). The normalized spacial score (nSPS) is 14.8. The number of aromatic nitrogens is 2. The number of fused-ring (bicyclic) bond motifs is 2. The van der Waals surface area contributed by atoms with Crippen LogP contribution in [0.2, 0.25) is 0 Å². The monoisotopic (exact) mass is 476 g/mol. The van der Waals surface area contributed by atoms with Crippen molar-refractivity contribution in [1.29, 1.82) is 0 Å². The van der Waals surface area contributed by atoms with E-state index in [9.17, 15) is 9.59 Å². The van der Waals surface area contributed by atoms with Gasteiger partial charge in [-0.3, -0.25) is 9.59 Å². The maximum atomic E-state index is 13.4. The summed E-state index contributed by atoms with van der Waals surface area (Å²) in [5.74, 6) is 0.302. The first kappa shape index (κ1) is 22.1. The molecule has 0 aliphatic carbocycles. The zero-order valence-corrected chi connectivity index (χ0v) is 20.2. The van der Waals surface area contributed by atoms with Crippen molar-refractivity contribution in [2.45, 2.75) is 44.2 Å². The van der Waals surface area contributed by atoms with Crippen molar-refractivity contribution < 1.29 is 9.53 Å². The Kier molecular flexibility index (Phi) is 5.95. The van der Waals surface area contributed by atoms with Crippen LogP contribution in [0.1, 0.15) is 40.2 Å². The molecule has 0 atom stereocenters. The Hall–Kier alpha value is -2.74. The van der Waals surface area contributed by atoms with Gasteiger partial charge in [0.2, 0.25) is 5.43 Å². The third-order valence-electron chi connectivity index (χ3n) is 5.74. The van der Waals surface area contributed by atoms with Gasteiger partial charge in [-0.2, -0.15) is 0 Å². The molecule has 3 heterocycles. The molecule has 0 saturated heterocycles. The SMILES string of the molecule is CC1(C)Cc2c(sc3c(nc(SCC(=O)c4ccccc4)n3Cc3ccccc3)c2=O)CO1. The lowest BCUT2D eigenvalue weighted by Gasteiger charge is -2.30. The van der Waals surface area contributed by atoms with Crippen LogP contribution in [0.15, 0.2) is 70.6 Å². The highest BCUT2D eigenvalue weighted by Crippen LogP contribution is 2.34. The zero-order valence-electron chi connectivity index (χ0n) is 18.5. The fourth-order valence-electron chi connectivity index (χ4n) is 4.00. The molecular formula is C26H24N2O3S2. The van der Waals surface area contributed by atoms with Crippen molar-refractivity contribution in [2.24, 2.45) is 0 Å². The van der Waals surface area contributed by atoms with Crippen LogP contribution in [0.25, 0.3) is 10.3 Å². The number of ketones is 1. The number of nitrogens with zero attached hydrogens (tertiary/aromatic N) is 2. The van der Waals surface area contributed by atoms with Crippen LogP contribution in [0, 0.1) is 0 Å². The van der Waals surface area contributed by atoms with Crippen LogP contribution in [0.4, 0.5) is 0 Å². The van der Waals surface area contributed by atoms with Crippen molar-refractivity contribution in [2.75, 3.05) is 5.75 Å². The Balaban J connectivity index is 1.56. The molecule has 33 heavy (non-hydrogen) atoms. The second-order valence-corrected chi connectivity index (χ2v) is 10.8. The highest BCUT2D eigenvalue weighted by molar-refractivity contribution is 7.99. The summed E-state index contributed by atoms with van der Waals surface area (Å²) in [6.45, 7) is 5.04. The molecule has 1 aliphatic heterocycles. The molecule has 5 nitrogen and oxygen atoms in total. The van der Waals surface area contributed by atoms with Gasteiger partial charge in [0, 0.05) is 22.4 Å². The van der Waals surface area contributed by atoms with Crippen LogP contribution >= 0.6 is 23.1 Å². The Morgan fingerprint density at radius 3 is 2.55 bits per heavy atom. The van der Waals surface area contributed by atoms with Crippen LogP contribution in [0.5, 0.6) is 0 Å². The fraction of sp³-hybridized carbons (Fsp3) is 0.269. The predicted molar refractivity (Wildman–Crippen MR) is 133 cm³/mol. The predicted octanol–water partition coefficient (Wildman–Crippen LogP) is 5.33. The average Bonchev–Trinajstić information content (AvgIpc) is 3.16. The molecule has 168 valence electrons. The Labute approximate surface area is 200 Å². The number of ether oxygens (including phenoxy) is 1. The van der Waals surface area contributed by atoms with Crippen LogP contribution in [-0.2, 0) is 24.3 Å². The summed E-state index contributed by atoms with van der Waals surface area (Å²) < 4.78 is 8.05. The quantitative estimate of drug-likeness (QED) is 0.278. The molecule has 4 aromatic rings. The second-order valence-electron chi connectivity index (χ2n) is 8.76. The standard InChI is InChI=1S/C26H24N2O3S2/c1-26(2)13-19-21(15-31-26)33-24-22(23(19)30)27-25(28(24)14-17-9-5-3-6-10-17)32-16-20(29)18-11-7-4-8-12-18/h3-12H,13-16H2,1-2H3. The number of carbonyl (C=O) groups excluding carboxylic acids is 1. The molecule has 7 heteroatoms. The molecule has 2 aromatic heterocycles. The minimum absolute atomic E-state index is 0.0156. The van der Waals surface area contributed by atoms with E-state index in [2.05, 4.69) is 16.7 Å². The summed E-state index contributed by atoms with van der Waals surface area (Å²) in [6, 6.07) is 19.4. The van der Waals surface area contributed by atoms with E-state index in [4.69, 9.17) is 9.72 Å². The molecule has 0 unspecified atom stereocenters. The van der Waals surface area contributed by atoms with E-state index in [0.29, 0.717) is 35.8 Å². The third-order valence-corrected chi connectivity index (χ3v) is 7.93. The van der Waals surface area contributed by atoms with Crippen molar-refractivity contribution in [3.05, 3.63) is 92.5 Å². The van der Waals surface area contributed by atoms with Gasteiger partial charge < -0.3 is 9.30 Å². The largest absolute Gasteiger partial charge is 0.370 e. The summed E-state index contributed by atoms with van der Waals surface area (Å²) in [7, 11) is 0. The summed E-state index contributed by atoms with van der Waals surface area (Å²) in [4.78, 5) is 32.7. The van der Waals surface area contributed by atoms with Gasteiger partial charge in [0.05, 0.1) is 24.5 Å². The number of imidazole rings is 1. The summed E-state index contributed by atoms with van der Waals surface area (Å²) in [6.07, 6.45) is 0.578. The maximum absolute atomic E-state index is 13.4. The topological polar surface area (TPSA) is 61.2 Å². The van der Waals surface area contributed by atoms with Gasteiger partial charge in [-0.15, -0.1) is 11.3 Å². The first-order valence-corrected chi connectivity index (χ1v) is 12.7. The van der Waals surface area contributed by atoms with Gasteiger partial charge in [-0.05, 0) is 19.4 Å². The molecule has 2 aromatic carbocycles. The number of carbonyl (C=O) groups is 1. The molecule has 0 bridgehead atoms. The van der Waals surface area contributed by atoms with Crippen molar-refractivity contribution in [3.63, 3.8) is 0 Å². The van der Waals surface area contributed by atoms with E-state index in [-0.39, 0.29) is 22.6 Å². The van der Waals surface area contributed by atoms with Gasteiger partial charge in [0.1, 0.15) is 10.3 Å². The van der Waals surface area contributed by atoms with Gasteiger partial charge in [-0.1, -0.05) is 72.4 Å². The fourth-order valence-corrected chi connectivity index (χ4v) is 6.09. The lowest BCUT2D eigenvalue weighted by molar-refractivity contribution is -0.0386. The highest BCUT2D eigenvalue weighted by atomic mass is 32.2. The van der Waals surface area contributed by atoms with E-state index in [1.807, 2.05) is 62.4 Å². The minimum atomic E-state index is -0.362. The van der Waals surface area contributed by atoms with Crippen molar-refractivity contribution in [3.8, 4) is 0 Å². The number of rotatable bonds is 6. The van der Waals surface area contributed by atoms with Gasteiger partial charge in [0.25, 0.3) is 0 Å². The Bertz CT molecular complexity index is 1380. The summed E-state index contributed by atoms with van der Waals surface area (Å²) in [5.41, 5.74) is 2.71. The van der Waals surface area contributed by atoms with E-state index in [0.717, 1.165) is 20.8 Å². The molecule has 0 N–H and O–H groups in total. The third kappa shape index (κ3) is 4.53. The second kappa shape index (κ2) is 8.89. The smallest absolute Gasteiger partial charge is 0.211 e. The summed E-state index contributed by atoms with van der Waals surface area (Å²) in [5, 5.41) is 0.689. The lowest BCUT2D eigenvalue weighted by atomic mass is 9.96. The van der Waals surface area contributed by atoms with E-state index in [1.165, 1.54) is 11.8 Å². The Morgan fingerprint density at radius 2 is 1.82 bits per heavy atom. The van der Waals surface area contributed by atoms with Gasteiger partial charge in [0.15, 0.2) is 10.9 Å². The Morgan fingerprint density at radius 1 is 1.12 bits per heavy atom. The molecule has 0 saturated carbocycles. The average molecular weight is 477 g/mol. The first-order valence-electron chi connectivity index (χ1n) is 10.9. The van der Waals surface area contributed by atoms with E-state index < -0.39 is 0 Å². The number of hydrogen-bond donors (Lipinski definition) is 0. The summed E-state index contributed by atoms with van der Waals surface area (Å²) >= 11 is 2.96. The van der Waals surface area contributed by atoms with Crippen LogP contribution < -0.4 is 5.43 Å². The molecule has 0 radical (unpaired) electrons. The van der Waals surface area contributed by atoms with Crippen molar-refractivity contribution in [1.82, 2.24) is 9.55 Å². The number of Topliss-reactive ketones (excluding diaryl/α,β-unsaturated/α-hetero) is 1. The number of hydrogen-bond acceptors (Lipinski definition) is 6. The van der Waals surface area contributed by atoms with Crippen LogP contribution in [0.3, 0.4) is 0 Å². The lowest BCUT2D eigenvalue weighted by Crippen LogP contribution is -2.34.